The number of carbonyl (C=O) groups is 3. The third kappa shape index (κ3) is 15.4. The molecule has 2 amide bonds. The van der Waals surface area contributed by atoms with Gasteiger partial charge in [0.2, 0.25) is 5.69 Å². The summed E-state index contributed by atoms with van der Waals surface area (Å²) in [5, 5.41) is 2.45. The minimum Gasteiger partial charge on any atom is -0.748 e. The third-order valence-corrected chi connectivity index (χ3v) is 18.0. The predicted molar refractivity (Wildman–Crippen MR) is 291 cm³/mol. The molecule has 8 rings (SSSR count). The van der Waals surface area contributed by atoms with E-state index in [1.54, 1.807) is 44.2 Å². The maximum absolute atomic E-state index is 12.8. The Morgan fingerprint density at radius 2 is 1.28 bits per heavy atom. The van der Waals surface area contributed by atoms with Crippen molar-refractivity contribution >= 4 is 102 Å². The van der Waals surface area contributed by atoms with E-state index in [0.29, 0.717) is 83.0 Å². The number of anilines is 1. The Morgan fingerprint density at radius 1 is 0.683 bits per heavy atom. The molecule has 0 bridgehead atoms. The van der Waals surface area contributed by atoms with Crippen molar-refractivity contribution in [2.24, 2.45) is 0 Å². The first-order chi connectivity index (χ1) is 36.8. The number of benzene rings is 5. The number of allylic oxidation sites excluding steroid dienone is 6. The quantitative estimate of drug-likeness (QED) is 0.0210. The summed E-state index contributed by atoms with van der Waals surface area (Å²) in [5.41, 5.74) is 5.31. The van der Waals surface area contributed by atoms with Gasteiger partial charge in [-0.2, -0.15) is 4.58 Å². The van der Waals surface area contributed by atoms with Gasteiger partial charge in [-0.3, -0.25) is 9.59 Å². The van der Waals surface area contributed by atoms with Gasteiger partial charge >= 0.3 is 94.6 Å². The van der Waals surface area contributed by atoms with Crippen molar-refractivity contribution < 1.29 is 164 Å². The molecule has 3 heterocycles. The zero-order valence-electron chi connectivity index (χ0n) is 47.2. The molecule has 19 nitrogen and oxygen atoms in total. The van der Waals surface area contributed by atoms with Crippen molar-refractivity contribution in [2.75, 3.05) is 29.5 Å². The van der Waals surface area contributed by atoms with E-state index < -0.39 is 85.5 Å². The fourth-order valence-corrected chi connectivity index (χ4v) is 13.6. The van der Waals surface area contributed by atoms with Crippen LogP contribution in [0.25, 0.3) is 27.1 Å². The smallest absolute Gasteiger partial charge is 0.748 e. The number of imide groups is 1. The summed E-state index contributed by atoms with van der Waals surface area (Å²) in [7, 11) is -18.9. The molecule has 5 aromatic rings. The molecule has 5 aromatic carbocycles. The molecule has 1 fully saturated rings. The number of aryl methyl sites for hydroxylation is 3. The number of fused-ring (bicyclic) bond motifs is 6. The molecule has 3 aliphatic heterocycles. The van der Waals surface area contributed by atoms with Crippen molar-refractivity contribution in [2.45, 2.75) is 114 Å². The van der Waals surface area contributed by atoms with Crippen LogP contribution in [0.5, 0.6) is 0 Å². The maximum atomic E-state index is 12.8. The van der Waals surface area contributed by atoms with Crippen LogP contribution in [0.15, 0.2) is 113 Å². The van der Waals surface area contributed by atoms with Gasteiger partial charge in [-0.15, -0.1) is 5.06 Å². The second-order valence-electron chi connectivity index (χ2n) is 21.1. The minimum absolute atomic E-state index is 0. The van der Waals surface area contributed by atoms with Crippen LogP contribution >= 0.6 is 0 Å². The fourth-order valence-electron chi connectivity index (χ4n) is 11.1. The molecule has 0 saturated carbocycles. The van der Waals surface area contributed by atoms with E-state index in [1.807, 2.05) is 85.7 Å². The van der Waals surface area contributed by atoms with E-state index in [0.717, 1.165) is 0 Å². The summed E-state index contributed by atoms with van der Waals surface area (Å²) in [6, 6.07) is 20.0. The molecule has 3 aliphatic rings. The largest absolute Gasteiger partial charge is 1.00 e. The molecule has 82 heavy (non-hydrogen) atoms. The second kappa shape index (κ2) is 26.7. The summed E-state index contributed by atoms with van der Waals surface area (Å²) < 4.78 is 147. The first-order valence-corrected chi connectivity index (χ1v) is 31.4. The number of amides is 2. The number of hydroxylamine groups is 2. The summed E-state index contributed by atoms with van der Waals surface area (Å²) in [6.07, 6.45) is 8.00. The number of hydrogen-bond donors (Lipinski definition) is 0. The molecule has 420 valence electrons. The molecule has 0 radical (unpaired) electrons. The Bertz CT molecular complexity index is 3970. The number of rotatable bonds is 20. The summed E-state index contributed by atoms with van der Waals surface area (Å²) >= 11 is 0. The van der Waals surface area contributed by atoms with Crippen LogP contribution in [0.2, 0.25) is 0 Å². The minimum atomic E-state index is -4.92. The van der Waals surface area contributed by atoms with Gasteiger partial charge < -0.3 is 27.9 Å². The first-order valence-electron chi connectivity index (χ1n) is 25.4. The van der Waals surface area contributed by atoms with Crippen molar-refractivity contribution in [3.8, 4) is 0 Å². The summed E-state index contributed by atoms with van der Waals surface area (Å²) in [4.78, 5) is 43.2. The van der Waals surface area contributed by atoms with Crippen LogP contribution < -0.4 is 93.6 Å². The molecule has 0 N–H and O–H groups in total. The number of carbonyl (C=O) groups excluding carboxylic acids is 3. The summed E-state index contributed by atoms with van der Waals surface area (Å²) in [5.74, 6) is -3.17. The van der Waals surface area contributed by atoms with Gasteiger partial charge in [-0.1, -0.05) is 56.3 Å². The van der Waals surface area contributed by atoms with Gasteiger partial charge in [-0.25, -0.2) is 38.5 Å². The molecule has 26 heteroatoms. The number of unbranched alkanes of at least 4 members (excludes halogenated alkanes) is 2. The zero-order valence-corrected chi connectivity index (χ0v) is 56.5. The topological polar surface area (TPSA) is 299 Å². The van der Waals surface area contributed by atoms with E-state index in [1.165, 1.54) is 18.2 Å². The average molecular weight is 1230 g/mol. The number of nitrogens with zero attached hydrogens (tertiary/aromatic N) is 3. The van der Waals surface area contributed by atoms with E-state index >= 15 is 0 Å². The Morgan fingerprint density at radius 3 is 1.88 bits per heavy atom. The van der Waals surface area contributed by atoms with Gasteiger partial charge in [0, 0.05) is 71.8 Å². The SMILES string of the molecule is Cc1cc(S(=O)(=O)[O-])c2ccc3c(c2c1)C(C)(C)/C(=C/C=C(/C=C/C1=[N+](CCCCS(=O)(=O)[O-])c2ccc4c(C)cc(S(=O)(=O)[O-])cc4c2C1(C)C)c1ccc(CCC(=O)ON2C(=O)CCC2=O)cc1)N3CCCCS(=O)(=O)[O-].[Na+].[Na+].[Na+]. The van der Waals surface area contributed by atoms with Crippen LogP contribution in [0.1, 0.15) is 106 Å². The molecule has 0 aliphatic carbocycles. The molecular formula is C56H58N3Na3O16S4. The predicted octanol–water partition coefficient (Wildman–Crippen LogP) is -1.68. The van der Waals surface area contributed by atoms with E-state index in [4.69, 9.17) is 4.84 Å². The van der Waals surface area contributed by atoms with E-state index in [9.17, 15) is 66.3 Å². The van der Waals surface area contributed by atoms with Crippen molar-refractivity contribution in [3.63, 3.8) is 0 Å². The van der Waals surface area contributed by atoms with Crippen LogP contribution in [0, 0.1) is 13.8 Å². The van der Waals surface area contributed by atoms with Gasteiger partial charge in [0.25, 0.3) is 11.8 Å². The van der Waals surface area contributed by atoms with Crippen LogP contribution in [0.4, 0.5) is 11.4 Å². The molecule has 0 atom stereocenters. The monoisotopic (exact) mass is 1230 g/mol. The number of hydrogen-bond acceptors (Lipinski definition) is 17. The van der Waals surface area contributed by atoms with Crippen LogP contribution in [-0.2, 0) is 76.9 Å². The van der Waals surface area contributed by atoms with Gasteiger partial charge in [-0.05, 0) is 151 Å². The molecule has 0 spiro atoms. The third-order valence-electron chi connectivity index (χ3n) is 14.8. The van der Waals surface area contributed by atoms with Crippen LogP contribution in [-0.4, -0.2) is 110 Å². The van der Waals surface area contributed by atoms with Crippen LogP contribution in [0.3, 0.4) is 0 Å². The van der Waals surface area contributed by atoms with E-state index in [-0.39, 0.29) is 163 Å². The van der Waals surface area contributed by atoms with Gasteiger partial charge in [0.15, 0.2) is 5.71 Å². The molecule has 0 unspecified atom stereocenters. The van der Waals surface area contributed by atoms with E-state index in [2.05, 4.69) is 0 Å². The van der Waals surface area contributed by atoms with Gasteiger partial charge in [0.05, 0.1) is 41.9 Å². The summed E-state index contributed by atoms with van der Waals surface area (Å²) in [6.45, 7) is 11.6. The Labute approximate surface area is 545 Å². The Kier molecular flexibility index (Phi) is 22.5. The van der Waals surface area contributed by atoms with Crippen molar-refractivity contribution in [1.29, 1.82) is 0 Å². The Hall–Kier alpha value is -3.44. The average Bonchev–Trinajstić information content (AvgIpc) is 3.73. The molecular weight excluding hydrogens is 1170 g/mol. The fraction of sp³-hybridized carbons (Fsp3) is 0.357. The first kappa shape index (κ1) is 69.3. The second-order valence-corrected chi connectivity index (χ2v) is 26.9. The Balaban J connectivity index is 0.00000411. The maximum Gasteiger partial charge on any atom is 1.00 e. The molecule has 0 aromatic heterocycles. The standard InChI is InChI=1S/C56H61N3O16S4.3Na/c1-35-31-43-42(47(32-35)79(72,73)74)19-21-46-53(43)55(3,4)48(58(46)28-8-10-30-77(66,67)68)22-16-39(38-14-11-37(12-15-38)13-26-52(62)75-59-50(60)24-25-51(59)61)17-23-49-56(5,6)54-44-34-40(78(69,70)71)33-36(2)41(44)18-20-45(54)57(49)27-7-9-29-76(63,64)65;;;/h11-12,14-23,31-34H,7-10,13,24-30H2,1-6H3,(H3-,63,64,65,66,67,68,69,70,71,72,73,74);;;/q;3*+1/p-3. The van der Waals surface area contributed by atoms with Gasteiger partial charge in [0.1, 0.15) is 26.8 Å². The van der Waals surface area contributed by atoms with Crippen molar-refractivity contribution in [3.05, 3.63) is 136 Å². The zero-order chi connectivity index (χ0) is 57.8. The van der Waals surface area contributed by atoms with Crippen molar-refractivity contribution in [1.82, 2.24) is 5.06 Å². The normalized spacial score (nSPS) is 16.7. The molecule has 1 saturated heterocycles.